The van der Waals surface area contributed by atoms with E-state index in [0.29, 0.717) is 41.2 Å². The fourth-order valence-electron chi connectivity index (χ4n) is 5.22. The van der Waals surface area contributed by atoms with Gasteiger partial charge in [0.05, 0.1) is 54.5 Å². The van der Waals surface area contributed by atoms with Crippen LogP contribution in [0.4, 0.5) is 0 Å². The highest BCUT2D eigenvalue weighted by atomic mass is 127. The third kappa shape index (κ3) is 9.17. The molecule has 16 nitrogen and oxygen atoms in total. The maximum Gasteiger partial charge on any atom is 0.569 e. The molecule has 6 aromatic heterocycles. The molecule has 8 rings (SSSR count). The van der Waals surface area contributed by atoms with Gasteiger partial charge in [0.1, 0.15) is 5.75 Å². The molecule has 55 heavy (non-hydrogen) atoms. The lowest BCUT2D eigenvalue weighted by Gasteiger charge is -2.04. The van der Waals surface area contributed by atoms with Crippen LogP contribution in [0.5, 0.6) is 5.75 Å². The number of aromatic nitrogens is 10. The molecular formula is C36H30BI2N10O6. The van der Waals surface area contributed by atoms with Gasteiger partial charge >= 0.3 is 19.6 Å². The van der Waals surface area contributed by atoms with Crippen LogP contribution in [0.25, 0.3) is 50.3 Å². The topological polar surface area (TPSA) is 190 Å². The number of carbonyl (C=O) groups excluding carboxylic acids is 2. The molecule has 0 bridgehead atoms. The number of fused-ring (bicyclic) bond motifs is 2. The minimum absolute atomic E-state index is 0.242. The van der Waals surface area contributed by atoms with Gasteiger partial charge in [-0.05, 0) is 106 Å². The average Bonchev–Trinajstić information content (AvgIpc) is 4.00. The number of nitrogens with one attached hydrogen (secondary N) is 1. The van der Waals surface area contributed by atoms with E-state index in [-0.39, 0.29) is 5.69 Å². The molecule has 0 unspecified atom stereocenters. The maximum atomic E-state index is 12.2. The van der Waals surface area contributed by atoms with Crippen molar-refractivity contribution in [3.63, 3.8) is 0 Å². The number of esters is 2. The summed E-state index contributed by atoms with van der Waals surface area (Å²) in [5.74, 6) is -0.303. The van der Waals surface area contributed by atoms with Gasteiger partial charge in [-0.25, -0.2) is 24.2 Å². The van der Waals surface area contributed by atoms with E-state index in [1.165, 1.54) is 14.2 Å². The molecule has 19 heteroatoms. The number of benzene rings is 2. The standard InChI is InChI=1S/C18H14IN5O2.C12H11N5O2.C6H5BIO2/c1-23-10-11(9-20-23)15-7-6-14-16(18(25)26-2)22-24(17(14)21-15)13-5-3-4-12(19)8-13;1-17-6-7(5-13-17)9-4-3-8-10(12(18)19-2)15-16-11(8)14-9;8-5-2-1-3-6(4-5)10-7-9/h3-10H,1-2H3;3-6H,1-2H3,(H,14,15,16);1-4,9H. The predicted octanol–water partition coefficient (Wildman–Crippen LogP) is 5.55. The van der Waals surface area contributed by atoms with Crippen LogP contribution in [-0.2, 0) is 23.6 Å². The molecule has 0 aliphatic rings. The highest BCUT2D eigenvalue weighted by molar-refractivity contribution is 14.1. The number of pyridine rings is 2. The second kappa shape index (κ2) is 17.6. The van der Waals surface area contributed by atoms with E-state index in [1.807, 2.05) is 87.2 Å². The molecule has 0 saturated heterocycles. The van der Waals surface area contributed by atoms with Gasteiger partial charge < -0.3 is 19.2 Å². The second-order valence-electron chi connectivity index (χ2n) is 11.4. The fourth-order valence-corrected chi connectivity index (χ4v) is 6.26. The lowest BCUT2D eigenvalue weighted by molar-refractivity contribution is 0.0587. The summed E-state index contributed by atoms with van der Waals surface area (Å²) in [4.78, 5) is 32.8. The third-order valence-corrected chi connectivity index (χ3v) is 9.10. The van der Waals surface area contributed by atoms with Crippen molar-refractivity contribution in [2.24, 2.45) is 14.1 Å². The predicted molar refractivity (Wildman–Crippen MR) is 220 cm³/mol. The van der Waals surface area contributed by atoms with E-state index in [0.717, 1.165) is 35.3 Å². The summed E-state index contributed by atoms with van der Waals surface area (Å²) >= 11 is 4.41. The summed E-state index contributed by atoms with van der Waals surface area (Å²) in [7, 11) is 7.04. The lowest BCUT2D eigenvalue weighted by atomic mass is 10.2. The first kappa shape index (κ1) is 39.0. The van der Waals surface area contributed by atoms with Crippen molar-refractivity contribution in [1.82, 2.24) is 49.5 Å². The summed E-state index contributed by atoms with van der Waals surface area (Å²) in [6.07, 6.45) is 7.23. The van der Waals surface area contributed by atoms with Crippen molar-refractivity contribution in [3.05, 3.63) is 116 Å². The highest BCUT2D eigenvalue weighted by Crippen LogP contribution is 2.26. The maximum absolute atomic E-state index is 12.2. The number of carbonyl (C=O) groups is 2. The molecule has 0 saturated carbocycles. The number of halogens is 2. The number of ether oxygens (including phenoxy) is 2. The first-order chi connectivity index (χ1) is 26.6. The van der Waals surface area contributed by atoms with Crippen LogP contribution in [0.15, 0.2) is 97.6 Å². The van der Waals surface area contributed by atoms with Gasteiger partial charge in [-0.15, -0.1) is 0 Å². The normalized spacial score (nSPS) is 10.6. The zero-order valence-electron chi connectivity index (χ0n) is 29.6. The first-order valence-electron chi connectivity index (χ1n) is 16.1. The number of aryl methyl sites for hydroxylation is 2. The van der Waals surface area contributed by atoms with E-state index in [2.05, 4.69) is 80.4 Å². The molecule has 2 N–H and O–H groups in total. The Kier molecular flexibility index (Phi) is 12.5. The summed E-state index contributed by atoms with van der Waals surface area (Å²) in [6.45, 7) is 0. The van der Waals surface area contributed by atoms with Gasteiger partial charge in [-0.1, -0.05) is 12.1 Å². The van der Waals surface area contributed by atoms with Crippen molar-refractivity contribution in [2.45, 2.75) is 0 Å². The largest absolute Gasteiger partial charge is 0.569 e. The van der Waals surface area contributed by atoms with Gasteiger partial charge in [0.15, 0.2) is 22.7 Å². The van der Waals surface area contributed by atoms with Gasteiger partial charge in [-0.3, -0.25) is 14.5 Å². The van der Waals surface area contributed by atoms with Crippen LogP contribution in [0, 0.1) is 7.14 Å². The third-order valence-electron chi connectivity index (χ3n) is 7.76. The number of methoxy groups -OCH3 is 2. The van der Waals surface area contributed by atoms with Crippen molar-refractivity contribution in [2.75, 3.05) is 14.2 Å². The van der Waals surface area contributed by atoms with Crippen molar-refractivity contribution in [3.8, 4) is 34.0 Å². The highest BCUT2D eigenvalue weighted by Gasteiger charge is 2.21. The zero-order chi connectivity index (χ0) is 39.1. The van der Waals surface area contributed by atoms with E-state index in [9.17, 15) is 9.59 Å². The van der Waals surface area contributed by atoms with Crippen LogP contribution in [-0.4, -0.2) is 88.4 Å². The summed E-state index contributed by atoms with van der Waals surface area (Å²) in [6, 6.07) is 22.6. The van der Waals surface area contributed by atoms with Crippen molar-refractivity contribution < 1.29 is 28.7 Å². The summed E-state index contributed by atoms with van der Waals surface area (Å²) in [5, 5.41) is 29.0. The molecule has 2 aromatic carbocycles. The van der Waals surface area contributed by atoms with Gasteiger partial charge in [0.25, 0.3) is 0 Å². The Morgan fingerprint density at radius 1 is 0.782 bits per heavy atom. The Balaban J connectivity index is 0.000000155. The molecule has 0 spiro atoms. The minimum atomic E-state index is -0.490. The van der Waals surface area contributed by atoms with Crippen molar-refractivity contribution >= 4 is 86.9 Å². The number of hydrogen-bond acceptors (Lipinski definition) is 12. The Labute approximate surface area is 341 Å². The molecule has 0 amide bonds. The molecule has 1 radical (unpaired) electrons. The molecule has 0 aliphatic carbocycles. The second-order valence-corrected chi connectivity index (χ2v) is 13.9. The van der Waals surface area contributed by atoms with Crippen molar-refractivity contribution in [1.29, 1.82) is 0 Å². The van der Waals surface area contributed by atoms with Crippen LogP contribution < -0.4 is 4.65 Å². The number of aromatic amines is 1. The zero-order valence-corrected chi connectivity index (χ0v) is 33.9. The number of rotatable bonds is 7. The Morgan fingerprint density at radius 2 is 1.40 bits per heavy atom. The molecule has 277 valence electrons. The molecule has 0 atom stereocenters. The average molecular weight is 963 g/mol. The van der Waals surface area contributed by atoms with E-state index >= 15 is 0 Å². The Morgan fingerprint density at radius 3 is 1.98 bits per heavy atom. The smallest absolute Gasteiger partial charge is 0.537 e. The quantitative estimate of drug-likeness (QED) is 0.115. The van der Waals surface area contributed by atoms with Gasteiger partial charge in [0.2, 0.25) is 0 Å². The molecule has 6 heterocycles. The summed E-state index contributed by atoms with van der Waals surface area (Å²) in [5.41, 5.74) is 5.74. The SMILES string of the molecule is COC(=O)c1[nH]nc2nc(-c3cnn(C)c3)ccc12.COC(=O)c1nn(-c2cccc(I)c2)c2nc(-c3cnn(C)c3)ccc12.O[B]Oc1cccc(I)c1. The van der Waals surface area contributed by atoms with Crippen LogP contribution in [0.3, 0.4) is 0 Å². The monoisotopic (exact) mass is 963 g/mol. The molecule has 0 fully saturated rings. The Hall–Kier alpha value is -5.68. The van der Waals surface area contributed by atoms with Gasteiger partial charge in [-0.2, -0.15) is 20.4 Å². The fraction of sp³-hybridized carbons (Fsp3) is 0.111. The lowest BCUT2D eigenvalue weighted by Crippen LogP contribution is -2.04. The van der Waals surface area contributed by atoms with Crippen LogP contribution >= 0.6 is 45.2 Å². The molecular weight excluding hydrogens is 933 g/mol. The van der Waals surface area contributed by atoms with E-state index in [4.69, 9.17) is 19.4 Å². The summed E-state index contributed by atoms with van der Waals surface area (Å²) < 4.78 is 21.5. The minimum Gasteiger partial charge on any atom is -0.537 e. The first-order valence-corrected chi connectivity index (χ1v) is 18.3. The van der Waals surface area contributed by atoms with Gasteiger partial charge in [0, 0.05) is 44.8 Å². The van der Waals surface area contributed by atoms with Crippen LogP contribution in [0.2, 0.25) is 0 Å². The number of H-pyrrole nitrogens is 1. The van der Waals surface area contributed by atoms with Crippen LogP contribution in [0.1, 0.15) is 21.0 Å². The molecule has 0 aliphatic heterocycles. The Bertz CT molecular complexity index is 2620. The molecule has 8 aromatic rings. The van der Waals surface area contributed by atoms with E-state index < -0.39 is 11.9 Å². The number of hydrogen-bond donors (Lipinski definition) is 2. The number of nitrogens with zero attached hydrogens (tertiary/aromatic N) is 9. The van der Waals surface area contributed by atoms with E-state index in [1.54, 1.807) is 38.6 Å².